The van der Waals surface area contributed by atoms with Gasteiger partial charge in [-0.05, 0) is 18.3 Å². The van der Waals surface area contributed by atoms with E-state index in [1.165, 1.54) is 11.7 Å². The van der Waals surface area contributed by atoms with Gasteiger partial charge in [-0.2, -0.15) is 8.75 Å². The Hall–Kier alpha value is -0.480. The summed E-state index contributed by atoms with van der Waals surface area (Å²) in [6.45, 7) is 6.66. The Balaban J connectivity index is 2.39. The molecule has 0 bridgehead atoms. The maximum absolute atomic E-state index is 5.95. The van der Waals surface area contributed by atoms with Crippen LogP contribution >= 0.6 is 11.7 Å². The molecule has 0 aromatic carbocycles. The molecule has 4 heteroatoms. The molecule has 1 heterocycles. The first-order chi connectivity index (χ1) is 5.99. The van der Waals surface area contributed by atoms with Gasteiger partial charge < -0.3 is 5.73 Å². The number of rotatable bonds is 3. The fraction of sp³-hybridized carbons (Fsp3) is 0.778. The lowest BCUT2D eigenvalue weighted by molar-refractivity contribution is 0.348. The van der Waals surface area contributed by atoms with Crippen LogP contribution in [0.3, 0.4) is 0 Å². The summed E-state index contributed by atoms with van der Waals surface area (Å²) in [6.07, 6.45) is 3.86. The Bertz CT molecular complexity index is 238. The van der Waals surface area contributed by atoms with Crippen molar-refractivity contribution in [3.8, 4) is 0 Å². The summed E-state index contributed by atoms with van der Waals surface area (Å²) in [6, 6.07) is 0.0537. The van der Waals surface area contributed by atoms with Crippen LogP contribution in [0.25, 0.3) is 0 Å². The van der Waals surface area contributed by atoms with E-state index in [0.29, 0.717) is 5.41 Å². The zero-order valence-electron chi connectivity index (χ0n) is 8.45. The summed E-state index contributed by atoms with van der Waals surface area (Å²) in [7, 11) is 0. The number of hydrogen-bond acceptors (Lipinski definition) is 4. The van der Waals surface area contributed by atoms with Crippen molar-refractivity contribution in [2.75, 3.05) is 0 Å². The first-order valence-corrected chi connectivity index (χ1v) is 5.25. The summed E-state index contributed by atoms with van der Waals surface area (Å²) in [4.78, 5) is 0. The van der Waals surface area contributed by atoms with Crippen LogP contribution in [0.15, 0.2) is 6.20 Å². The Morgan fingerprint density at radius 2 is 2.23 bits per heavy atom. The van der Waals surface area contributed by atoms with Crippen molar-refractivity contribution in [1.29, 1.82) is 0 Å². The Morgan fingerprint density at radius 1 is 1.54 bits per heavy atom. The molecule has 1 rings (SSSR count). The zero-order chi connectivity index (χ0) is 9.90. The monoisotopic (exact) mass is 199 g/mol. The molecule has 1 unspecified atom stereocenters. The molecule has 0 aliphatic rings. The number of nitrogens with two attached hydrogens (primary N) is 1. The quantitative estimate of drug-likeness (QED) is 0.813. The van der Waals surface area contributed by atoms with Crippen molar-refractivity contribution < 1.29 is 0 Å². The minimum Gasteiger partial charge on any atom is -0.323 e. The van der Waals surface area contributed by atoms with E-state index in [1.54, 1.807) is 6.20 Å². The highest BCUT2D eigenvalue weighted by molar-refractivity contribution is 6.99. The van der Waals surface area contributed by atoms with Gasteiger partial charge in [-0.25, -0.2) is 0 Å². The van der Waals surface area contributed by atoms with Gasteiger partial charge in [0.1, 0.15) is 0 Å². The molecule has 1 aromatic rings. The highest BCUT2D eigenvalue weighted by atomic mass is 32.1. The fourth-order valence-corrected chi connectivity index (χ4v) is 1.55. The van der Waals surface area contributed by atoms with E-state index >= 15 is 0 Å². The van der Waals surface area contributed by atoms with Gasteiger partial charge in [0.15, 0.2) is 0 Å². The van der Waals surface area contributed by atoms with Crippen LogP contribution in [0, 0.1) is 5.41 Å². The van der Waals surface area contributed by atoms with Crippen LogP contribution in [0.1, 0.15) is 45.3 Å². The van der Waals surface area contributed by atoms with Gasteiger partial charge in [-0.1, -0.05) is 20.8 Å². The van der Waals surface area contributed by atoms with Crippen LogP contribution in [-0.2, 0) is 0 Å². The van der Waals surface area contributed by atoms with Gasteiger partial charge in [0.05, 0.1) is 23.6 Å². The van der Waals surface area contributed by atoms with Gasteiger partial charge in [0.25, 0.3) is 0 Å². The average molecular weight is 199 g/mol. The lowest BCUT2D eigenvalue weighted by Crippen LogP contribution is -2.14. The molecule has 0 fully saturated rings. The van der Waals surface area contributed by atoms with E-state index in [-0.39, 0.29) is 6.04 Å². The summed E-state index contributed by atoms with van der Waals surface area (Å²) in [5.74, 6) is 0. The summed E-state index contributed by atoms with van der Waals surface area (Å²) < 4.78 is 8.06. The molecule has 2 N–H and O–H groups in total. The van der Waals surface area contributed by atoms with Crippen molar-refractivity contribution in [2.24, 2.45) is 11.1 Å². The molecule has 0 aliphatic carbocycles. The summed E-state index contributed by atoms with van der Waals surface area (Å²) >= 11 is 1.22. The van der Waals surface area contributed by atoms with E-state index in [9.17, 15) is 0 Å². The Labute approximate surface area is 83.7 Å². The van der Waals surface area contributed by atoms with Crippen molar-refractivity contribution in [2.45, 2.75) is 39.7 Å². The van der Waals surface area contributed by atoms with Crippen molar-refractivity contribution in [3.05, 3.63) is 11.9 Å². The number of aromatic nitrogens is 2. The maximum atomic E-state index is 5.95. The molecule has 13 heavy (non-hydrogen) atoms. The Kier molecular flexibility index (Phi) is 3.39. The minimum absolute atomic E-state index is 0.0537. The van der Waals surface area contributed by atoms with Crippen LogP contribution in [-0.4, -0.2) is 8.75 Å². The third-order valence-corrected chi connectivity index (χ3v) is 2.46. The topological polar surface area (TPSA) is 51.8 Å². The van der Waals surface area contributed by atoms with Crippen molar-refractivity contribution in [1.82, 2.24) is 8.75 Å². The molecule has 0 aliphatic heterocycles. The van der Waals surface area contributed by atoms with Crippen LogP contribution in [0.4, 0.5) is 0 Å². The average Bonchev–Trinajstić information content (AvgIpc) is 2.50. The third-order valence-electron chi connectivity index (χ3n) is 1.96. The van der Waals surface area contributed by atoms with Crippen LogP contribution in [0.2, 0.25) is 0 Å². The Morgan fingerprint density at radius 3 is 2.69 bits per heavy atom. The maximum Gasteiger partial charge on any atom is 0.0910 e. The van der Waals surface area contributed by atoms with Gasteiger partial charge >= 0.3 is 0 Å². The summed E-state index contributed by atoms with van der Waals surface area (Å²) in [5.41, 5.74) is 7.22. The lowest BCUT2D eigenvalue weighted by atomic mass is 9.88. The standard InChI is InChI=1S/C9H17N3S/c1-9(2,3)5-4-7(10)8-6-11-13-12-8/h6-7H,4-5,10H2,1-3H3. The van der Waals surface area contributed by atoms with Crippen molar-refractivity contribution >= 4 is 11.7 Å². The second-order valence-electron chi connectivity index (χ2n) is 4.54. The molecule has 0 saturated heterocycles. The third kappa shape index (κ3) is 3.83. The molecule has 0 amide bonds. The molecule has 0 saturated carbocycles. The van der Waals surface area contributed by atoms with E-state index < -0.39 is 0 Å². The predicted molar refractivity (Wildman–Crippen MR) is 55.5 cm³/mol. The zero-order valence-corrected chi connectivity index (χ0v) is 9.27. The SMILES string of the molecule is CC(C)(C)CCC(N)c1cnsn1. The minimum atomic E-state index is 0.0537. The number of hydrogen-bond donors (Lipinski definition) is 1. The predicted octanol–water partition coefficient (Wildman–Crippen LogP) is 2.36. The number of nitrogens with zero attached hydrogens (tertiary/aromatic N) is 2. The van der Waals surface area contributed by atoms with Gasteiger partial charge in [-0.15, -0.1) is 0 Å². The van der Waals surface area contributed by atoms with E-state index in [2.05, 4.69) is 29.5 Å². The largest absolute Gasteiger partial charge is 0.323 e. The summed E-state index contributed by atoms with van der Waals surface area (Å²) in [5, 5.41) is 0. The first-order valence-electron chi connectivity index (χ1n) is 4.52. The highest BCUT2D eigenvalue weighted by Crippen LogP contribution is 2.25. The lowest BCUT2D eigenvalue weighted by Gasteiger charge is -2.19. The smallest absolute Gasteiger partial charge is 0.0910 e. The normalized spacial score (nSPS) is 14.5. The van der Waals surface area contributed by atoms with E-state index in [4.69, 9.17) is 5.73 Å². The fourth-order valence-electron chi connectivity index (χ4n) is 1.07. The second-order valence-corrected chi connectivity index (χ2v) is 5.09. The van der Waals surface area contributed by atoms with Crippen LogP contribution in [0.5, 0.6) is 0 Å². The van der Waals surface area contributed by atoms with E-state index in [0.717, 1.165) is 18.5 Å². The molecular weight excluding hydrogens is 182 g/mol. The van der Waals surface area contributed by atoms with Crippen LogP contribution < -0.4 is 5.73 Å². The first kappa shape index (κ1) is 10.6. The molecule has 1 aromatic heterocycles. The second kappa shape index (κ2) is 4.15. The van der Waals surface area contributed by atoms with Gasteiger partial charge in [0.2, 0.25) is 0 Å². The van der Waals surface area contributed by atoms with Gasteiger partial charge in [-0.3, -0.25) is 0 Å². The van der Waals surface area contributed by atoms with Crippen molar-refractivity contribution in [3.63, 3.8) is 0 Å². The molecule has 0 radical (unpaired) electrons. The molecule has 74 valence electrons. The van der Waals surface area contributed by atoms with E-state index in [1.807, 2.05) is 0 Å². The van der Waals surface area contributed by atoms with Gasteiger partial charge in [0, 0.05) is 6.04 Å². The molecule has 0 spiro atoms. The highest BCUT2D eigenvalue weighted by Gasteiger charge is 2.15. The molecule has 3 nitrogen and oxygen atoms in total. The molecular formula is C9H17N3S. The molecule has 1 atom stereocenters.